The zero-order chi connectivity index (χ0) is 20.4. The molecular weight excluding hydrogens is 378 g/mol. The van der Waals surface area contributed by atoms with Gasteiger partial charge in [0.25, 0.3) is 0 Å². The second-order valence-electron chi connectivity index (χ2n) is 7.34. The normalized spacial score (nSPS) is 16.6. The Morgan fingerprint density at radius 1 is 1.18 bits per heavy atom. The van der Waals surface area contributed by atoms with Gasteiger partial charge in [0.05, 0.1) is 18.7 Å². The highest BCUT2D eigenvalue weighted by Crippen LogP contribution is 2.36. The molecule has 3 rings (SSSR count). The van der Waals surface area contributed by atoms with Crippen molar-refractivity contribution in [2.45, 2.75) is 33.1 Å². The molecule has 148 valence electrons. The first-order valence-electron chi connectivity index (χ1n) is 9.26. The zero-order valence-corrected chi connectivity index (χ0v) is 17.2. The maximum atomic E-state index is 12.8. The summed E-state index contributed by atoms with van der Waals surface area (Å²) in [4.78, 5) is 26.9. The molecule has 5 nitrogen and oxygen atoms in total. The van der Waals surface area contributed by atoms with E-state index in [1.807, 2.05) is 39.0 Å². The van der Waals surface area contributed by atoms with E-state index >= 15 is 0 Å². The molecule has 0 saturated carbocycles. The number of ether oxygens (including phenoxy) is 2. The van der Waals surface area contributed by atoms with Crippen LogP contribution >= 0.6 is 11.6 Å². The van der Waals surface area contributed by atoms with Crippen LogP contribution < -0.4 is 14.4 Å². The smallest absolute Gasteiger partial charge is 0.316 e. The van der Waals surface area contributed by atoms with Crippen molar-refractivity contribution in [1.29, 1.82) is 0 Å². The van der Waals surface area contributed by atoms with Gasteiger partial charge in [-0.15, -0.1) is 0 Å². The zero-order valence-electron chi connectivity index (χ0n) is 16.5. The minimum absolute atomic E-state index is 0.0946. The predicted octanol–water partition coefficient (Wildman–Crippen LogP) is 4.74. The van der Waals surface area contributed by atoms with Crippen molar-refractivity contribution in [3.8, 4) is 11.5 Å². The van der Waals surface area contributed by atoms with Gasteiger partial charge in [0, 0.05) is 18.0 Å². The van der Waals surface area contributed by atoms with Gasteiger partial charge in [-0.25, -0.2) is 0 Å². The number of halogens is 1. The summed E-state index contributed by atoms with van der Waals surface area (Å²) < 4.78 is 11.0. The largest absolute Gasteiger partial charge is 0.495 e. The fraction of sp³-hybridized carbons (Fsp3) is 0.364. The van der Waals surface area contributed by atoms with Gasteiger partial charge in [0.2, 0.25) is 5.91 Å². The molecule has 1 aliphatic rings. The van der Waals surface area contributed by atoms with E-state index in [0.29, 0.717) is 22.2 Å². The van der Waals surface area contributed by atoms with E-state index < -0.39 is 11.9 Å². The number of amides is 1. The lowest BCUT2D eigenvalue weighted by Gasteiger charge is -2.20. The number of carbonyl (C=O) groups is 2. The molecular formula is C22H24ClNO4. The fourth-order valence-corrected chi connectivity index (χ4v) is 3.54. The highest BCUT2D eigenvalue weighted by molar-refractivity contribution is 6.31. The van der Waals surface area contributed by atoms with E-state index in [0.717, 1.165) is 11.1 Å². The van der Waals surface area contributed by atoms with E-state index in [9.17, 15) is 9.59 Å². The first kappa shape index (κ1) is 20.2. The van der Waals surface area contributed by atoms with Crippen molar-refractivity contribution in [3.63, 3.8) is 0 Å². The monoisotopic (exact) mass is 401 g/mol. The summed E-state index contributed by atoms with van der Waals surface area (Å²) in [5.74, 6) is 0.219. The lowest BCUT2D eigenvalue weighted by atomic mass is 10.0. The van der Waals surface area contributed by atoms with Crippen molar-refractivity contribution in [2.75, 3.05) is 18.6 Å². The number of aryl methyl sites for hydroxylation is 1. The Morgan fingerprint density at radius 2 is 1.93 bits per heavy atom. The number of hydrogen-bond donors (Lipinski definition) is 0. The summed E-state index contributed by atoms with van der Waals surface area (Å²) in [5, 5.41) is 0.496. The highest BCUT2D eigenvalue weighted by atomic mass is 35.5. The minimum atomic E-state index is -0.545. The molecule has 0 aromatic heterocycles. The molecule has 1 atom stereocenters. The van der Waals surface area contributed by atoms with Crippen LogP contribution in [0.4, 0.5) is 5.69 Å². The third kappa shape index (κ3) is 4.14. The summed E-state index contributed by atoms with van der Waals surface area (Å²) in [6.07, 6.45) is 0.0946. The SMILES string of the molecule is COc1ccc(Cl)cc1N1C[C@H](C(=O)Oc2cc(C)ccc2C(C)C)CC1=O. The third-order valence-electron chi connectivity index (χ3n) is 4.89. The number of hydrogen-bond acceptors (Lipinski definition) is 4. The topological polar surface area (TPSA) is 55.8 Å². The second kappa shape index (κ2) is 8.23. The number of anilines is 1. The molecule has 1 aliphatic heterocycles. The Kier molecular flexibility index (Phi) is 5.94. The first-order chi connectivity index (χ1) is 13.3. The Morgan fingerprint density at radius 3 is 2.61 bits per heavy atom. The molecule has 0 bridgehead atoms. The van der Waals surface area contributed by atoms with Crippen molar-refractivity contribution in [3.05, 3.63) is 52.5 Å². The van der Waals surface area contributed by atoms with Gasteiger partial charge in [-0.05, 0) is 48.2 Å². The van der Waals surface area contributed by atoms with Gasteiger partial charge < -0.3 is 14.4 Å². The average molecular weight is 402 g/mol. The first-order valence-corrected chi connectivity index (χ1v) is 9.64. The summed E-state index contributed by atoms with van der Waals surface area (Å²) in [5.41, 5.74) is 2.55. The van der Waals surface area contributed by atoms with E-state index in [1.165, 1.54) is 12.0 Å². The van der Waals surface area contributed by atoms with Gasteiger partial charge in [-0.3, -0.25) is 9.59 Å². The number of benzene rings is 2. The standard InChI is InChI=1S/C22H24ClNO4/c1-13(2)17-7-5-14(3)9-20(17)28-22(26)15-10-21(25)24(12-15)18-11-16(23)6-8-19(18)27-4/h5-9,11,13,15H,10,12H2,1-4H3/t15-/m1/s1. The van der Waals surface area contributed by atoms with Gasteiger partial charge in [-0.2, -0.15) is 0 Å². The number of esters is 1. The maximum Gasteiger partial charge on any atom is 0.316 e. The van der Waals surface area contributed by atoms with E-state index in [2.05, 4.69) is 0 Å². The molecule has 2 aromatic carbocycles. The molecule has 1 heterocycles. The Bertz CT molecular complexity index is 909. The fourth-order valence-electron chi connectivity index (χ4n) is 3.37. The minimum Gasteiger partial charge on any atom is -0.495 e. The molecule has 1 amide bonds. The summed E-state index contributed by atoms with van der Waals surface area (Å²) >= 11 is 6.08. The molecule has 0 aliphatic carbocycles. The molecule has 0 spiro atoms. The van der Waals surface area contributed by atoms with Crippen molar-refractivity contribution in [1.82, 2.24) is 0 Å². The number of methoxy groups -OCH3 is 1. The molecule has 0 unspecified atom stereocenters. The van der Waals surface area contributed by atoms with Crippen LogP contribution in [-0.4, -0.2) is 25.5 Å². The van der Waals surface area contributed by atoms with Crippen LogP contribution in [-0.2, 0) is 9.59 Å². The van der Waals surface area contributed by atoms with Gasteiger partial charge >= 0.3 is 5.97 Å². The van der Waals surface area contributed by atoms with E-state index in [1.54, 1.807) is 18.2 Å². The second-order valence-corrected chi connectivity index (χ2v) is 7.78. The summed E-state index contributed by atoms with van der Waals surface area (Å²) in [6.45, 7) is 6.29. The van der Waals surface area contributed by atoms with Crippen LogP contribution in [0.25, 0.3) is 0 Å². The van der Waals surface area contributed by atoms with E-state index in [4.69, 9.17) is 21.1 Å². The molecule has 2 aromatic rings. The van der Waals surface area contributed by atoms with Crippen LogP contribution in [0.5, 0.6) is 11.5 Å². The quantitative estimate of drug-likeness (QED) is 0.536. The lowest BCUT2D eigenvalue weighted by molar-refractivity contribution is -0.139. The van der Waals surface area contributed by atoms with Gasteiger partial charge in [-0.1, -0.05) is 37.6 Å². The van der Waals surface area contributed by atoms with Gasteiger partial charge in [0.1, 0.15) is 11.5 Å². The van der Waals surface area contributed by atoms with Crippen LogP contribution in [0.2, 0.25) is 5.02 Å². The van der Waals surface area contributed by atoms with Crippen molar-refractivity contribution in [2.24, 2.45) is 5.92 Å². The van der Waals surface area contributed by atoms with E-state index in [-0.39, 0.29) is 24.8 Å². The van der Waals surface area contributed by atoms with Crippen LogP contribution in [0, 0.1) is 12.8 Å². The molecule has 1 saturated heterocycles. The van der Waals surface area contributed by atoms with Crippen LogP contribution in [0.1, 0.15) is 37.3 Å². The lowest BCUT2D eigenvalue weighted by Crippen LogP contribution is -2.27. The summed E-state index contributed by atoms with van der Waals surface area (Å²) in [6, 6.07) is 10.9. The Labute approximate surface area is 170 Å². The molecule has 1 fully saturated rings. The van der Waals surface area contributed by atoms with Crippen molar-refractivity contribution >= 4 is 29.2 Å². The van der Waals surface area contributed by atoms with Crippen LogP contribution in [0.15, 0.2) is 36.4 Å². The number of carbonyl (C=O) groups excluding carboxylic acids is 2. The average Bonchev–Trinajstić information content (AvgIpc) is 3.03. The molecule has 0 radical (unpaired) electrons. The number of nitrogens with zero attached hydrogens (tertiary/aromatic N) is 1. The molecule has 6 heteroatoms. The highest BCUT2D eigenvalue weighted by Gasteiger charge is 2.37. The van der Waals surface area contributed by atoms with Gasteiger partial charge in [0.15, 0.2) is 0 Å². The van der Waals surface area contributed by atoms with Crippen LogP contribution in [0.3, 0.4) is 0 Å². The molecule has 28 heavy (non-hydrogen) atoms. The summed E-state index contributed by atoms with van der Waals surface area (Å²) in [7, 11) is 1.53. The predicted molar refractivity (Wildman–Crippen MR) is 109 cm³/mol. The number of rotatable bonds is 5. The Hall–Kier alpha value is -2.53. The Balaban J connectivity index is 1.80. The van der Waals surface area contributed by atoms with Crippen molar-refractivity contribution < 1.29 is 19.1 Å². The third-order valence-corrected chi connectivity index (χ3v) is 5.13. The molecule has 0 N–H and O–H groups in total. The maximum absolute atomic E-state index is 12.8.